The van der Waals surface area contributed by atoms with Crippen LogP contribution in [0.1, 0.15) is 31.9 Å². The molecule has 0 aliphatic rings. The second kappa shape index (κ2) is 5.66. The second-order valence-corrected chi connectivity index (χ2v) is 4.00. The van der Waals surface area contributed by atoms with E-state index >= 15 is 0 Å². The number of aryl methyl sites for hydroxylation is 2. The van der Waals surface area contributed by atoms with E-state index in [0.717, 1.165) is 18.5 Å². The third-order valence-corrected chi connectivity index (χ3v) is 2.46. The summed E-state index contributed by atoms with van der Waals surface area (Å²) in [5, 5.41) is 4.05. The van der Waals surface area contributed by atoms with Crippen LogP contribution in [0.3, 0.4) is 0 Å². The Labute approximate surface area is 90.5 Å². The van der Waals surface area contributed by atoms with Gasteiger partial charge in [0.25, 0.3) is 0 Å². The average Bonchev–Trinajstić information content (AvgIpc) is 2.58. The van der Waals surface area contributed by atoms with E-state index < -0.39 is 0 Å². The van der Waals surface area contributed by atoms with Gasteiger partial charge in [-0.2, -0.15) is 5.10 Å². The number of rotatable bonds is 6. The van der Waals surface area contributed by atoms with Crippen LogP contribution in [-0.4, -0.2) is 21.6 Å². The van der Waals surface area contributed by atoms with Gasteiger partial charge in [-0.15, -0.1) is 0 Å². The second-order valence-electron chi connectivity index (χ2n) is 4.00. The Hall–Kier alpha value is -1.16. The zero-order valence-corrected chi connectivity index (χ0v) is 9.44. The Kier molecular flexibility index (Phi) is 4.49. The van der Waals surface area contributed by atoms with Crippen LogP contribution in [0, 0.1) is 0 Å². The number of hydrogen-bond donors (Lipinski definition) is 1. The van der Waals surface area contributed by atoms with Crippen LogP contribution in [0.4, 0.5) is 0 Å². The summed E-state index contributed by atoms with van der Waals surface area (Å²) in [6.45, 7) is 1.92. The molecule has 0 saturated heterocycles. The minimum atomic E-state index is 0.116. The fraction of sp³-hybridized carbons (Fsp3) is 0.636. The van der Waals surface area contributed by atoms with Gasteiger partial charge in [0.05, 0.1) is 0 Å². The number of Topliss-reactive ketones (excluding diaryl/α,β-unsaturated/α-hetero) is 1. The highest BCUT2D eigenvalue weighted by Gasteiger charge is 2.06. The number of nitrogens with zero attached hydrogens (tertiary/aromatic N) is 2. The van der Waals surface area contributed by atoms with E-state index in [9.17, 15) is 4.79 Å². The smallest absolute Gasteiger partial charge is 0.133 e. The van der Waals surface area contributed by atoms with Gasteiger partial charge in [-0.25, -0.2) is 0 Å². The molecule has 0 aliphatic heterocycles. The molecule has 1 heterocycles. The summed E-state index contributed by atoms with van der Waals surface area (Å²) in [5.41, 5.74) is 6.69. The molecule has 0 aromatic carbocycles. The molecule has 4 nitrogen and oxygen atoms in total. The third kappa shape index (κ3) is 4.25. The molecule has 2 N–H and O–H groups in total. The van der Waals surface area contributed by atoms with Gasteiger partial charge in [-0.1, -0.05) is 0 Å². The molecular weight excluding hydrogens is 190 g/mol. The van der Waals surface area contributed by atoms with Crippen LogP contribution >= 0.6 is 0 Å². The van der Waals surface area contributed by atoms with Crippen molar-refractivity contribution >= 4 is 5.78 Å². The lowest BCUT2D eigenvalue weighted by molar-refractivity contribution is -0.119. The van der Waals surface area contributed by atoms with Gasteiger partial charge < -0.3 is 5.73 Å². The molecule has 1 aromatic rings. The predicted octanol–water partition coefficient (Wildman–Crippen LogP) is 1.05. The first kappa shape index (κ1) is 11.9. The van der Waals surface area contributed by atoms with Crippen molar-refractivity contribution in [3.8, 4) is 0 Å². The van der Waals surface area contributed by atoms with E-state index in [1.165, 1.54) is 0 Å². The van der Waals surface area contributed by atoms with Crippen molar-refractivity contribution in [1.82, 2.24) is 9.78 Å². The summed E-state index contributed by atoms with van der Waals surface area (Å²) >= 11 is 0. The Morgan fingerprint density at radius 3 is 2.87 bits per heavy atom. The van der Waals surface area contributed by atoms with Crippen molar-refractivity contribution in [2.24, 2.45) is 12.8 Å². The lowest BCUT2D eigenvalue weighted by Gasteiger charge is -2.04. The summed E-state index contributed by atoms with van der Waals surface area (Å²) in [6, 6.07) is 2.06. The van der Waals surface area contributed by atoms with Crippen molar-refractivity contribution in [2.75, 3.05) is 0 Å². The topological polar surface area (TPSA) is 60.9 Å². The van der Waals surface area contributed by atoms with Crippen LogP contribution in [0.15, 0.2) is 12.3 Å². The number of ketones is 1. The summed E-state index contributed by atoms with van der Waals surface area (Å²) in [5.74, 6) is 0.286. The van der Waals surface area contributed by atoms with Crippen LogP contribution in [0.5, 0.6) is 0 Å². The summed E-state index contributed by atoms with van der Waals surface area (Å²) in [7, 11) is 1.89. The molecule has 0 saturated carbocycles. The van der Waals surface area contributed by atoms with Crippen molar-refractivity contribution in [1.29, 1.82) is 0 Å². The molecule has 0 fully saturated rings. The number of carbonyl (C=O) groups excluding carboxylic acids is 1. The largest absolute Gasteiger partial charge is 0.328 e. The van der Waals surface area contributed by atoms with E-state index in [2.05, 4.69) is 5.10 Å². The molecule has 15 heavy (non-hydrogen) atoms. The van der Waals surface area contributed by atoms with E-state index in [-0.39, 0.29) is 11.8 Å². The summed E-state index contributed by atoms with van der Waals surface area (Å²) < 4.78 is 1.80. The lowest BCUT2D eigenvalue weighted by Crippen LogP contribution is -2.16. The predicted molar refractivity (Wildman–Crippen MR) is 59.4 cm³/mol. The van der Waals surface area contributed by atoms with E-state index in [1.54, 1.807) is 10.9 Å². The molecule has 0 radical (unpaired) electrons. The molecule has 84 valence electrons. The van der Waals surface area contributed by atoms with Gasteiger partial charge in [0.2, 0.25) is 0 Å². The third-order valence-electron chi connectivity index (χ3n) is 2.46. The van der Waals surface area contributed by atoms with Gasteiger partial charge in [-0.3, -0.25) is 9.48 Å². The van der Waals surface area contributed by atoms with Crippen LogP contribution in [-0.2, 0) is 18.3 Å². The van der Waals surface area contributed by atoms with Crippen molar-refractivity contribution in [3.05, 3.63) is 18.0 Å². The number of hydrogen-bond acceptors (Lipinski definition) is 3. The maximum absolute atomic E-state index is 11.5. The average molecular weight is 209 g/mol. The highest BCUT2D eigenvalue weighted by molar-refractivity contribution is 5.78. The molecule has 1 atom stereocenters. The van der Waals surface area contributed by atoms with Gasteiger partial charge >= 0.3 is 0 Å². The van der Waals surface area contributed by atoms with Gasteiger partial charge in [-0.05, 0) is 25.8 Å². The Balaban J connectivity index is 2.26. The van der Waals surface area contributed by atoms with E-state index in [1.807, 2.05) is 20.0 Å². The summed E-state index contributed by atoms with van der Waals surface area (Å²) in [4.78, 5) is 11.5. The van der Waals surface area contributed by atoms with Crippen LogP contribution in [0.2, 0.25) is 0 Å². The first-order chi connectivity index (χ1) is 7.09. The zero-order chi connectivity index (χ0) is 11.3. The van der Waals surface area contributed by atoms with E-state index in [4.69, 9.17) is 5.73 Å². The molecule has 0 bridgehead atoms. The van der Waals surface area contributed by atoms with Gasteiger partial charge in [0.1, 0.15) is 5.78 Å². The number of aromatic nitrogens is 2. The molecule has 0 spiro atoms. The first-order valence-corrected chi connectivity index (χ1v) is 5.33. The maximum atomic E-state index is 11.5. The quantitative estimate of drug-likeness (QED) is 0.761. The van der Waals surface area contributed by atoms with Crippen molar-refractivity contribution < 1.29 is 4.79 Å². The molecule has 1 unspecified atom stereocenters. The maximum Gasteiger partial charge on any atom is 0.133 e. The Morgan fingerprint density at radius 2 is 2.33 bits per heavy atom. The minimum Gasteiger partial charge on any atom is -0.328 e. The monoisotopic (exact) mass is 209 g/mol. The molecule has 1 aromatic heterocycles. The van der Waals surface area contributed by atoms with Crippen molar-refractivity contribution in [2.45, 2.75) is 38.6 Å². The highest BCUT2D eigenvalue weighted by atomic mass is 16.1. The molecule has 0 amide bonds. The zero-order valence-electron chi connectivity index (χ0n) is 9.44. The number of carbonyl (C=O) groups is 1. The van der Waals surface area contributed by atoms with Gasteiger partial charge in [0.15, 0.2) is 0 Å². The Morgan fingerprint density at radius 1 is 1.60 bits per heavy atom. The molecule has 4 heteroatoms. The van der Waals surface area contributed by atoms with Gasteiger partial charge in [0, 0.05) is 37.8 Å². The molecular formula is C11H19N3O. The standard InChI is InChI=1S/C11H19N3O/c1-9(12)3-5-11(15)6-4-10-7-8-13-14(10)2/h7-9H,3-6,12H2,1-2H3. The SMILES string of the molecule is CC(N)CCC(=O)CCc1ccnn1C. The minimum absolute atomic E-state index is 0.116. The van der Waals surface area contributed by atoms with Crippen molar-refractivity contribution in [3.63, 3.8) is 0 Å². The normalized spacial score (nSPS) is 12.7. The Bertz CT molecular complexity index is 317. The van der Waals surface area contributed by atoms with Crippen LogP contribution in [0.25, 0.3) is 0 Å². The molecule has 1 rings (SSSR count). The number of nitrogens with two attached hydrogens (primary N) is 1. The first-order valence-electron chi connectivity index (χ1n) is 5.33. The van der Waals surface area contributed by atoms with Crippen LogP contribution < -0.4 is 5.73 Å². The lowest BCUT2D eigenvalue weighted by atomic mass is 10.1. The highest BCUT2D eigenvalue weighted by Crippen LogP contribution is 2.04. The molecule has 0 aliphatic carbocycles. The fourth-order valence-corrected chi connectivity index (χ4v) is 1.43. The fourth-order valence-electron chi connectivity index (χ4n) is 1.43. The van der Waals surface area contributed by atoms with E-state index in [0.29, 0.717) is 12.8 Å². The summed E-state index contributed by atoms with van der Waals surface area (Å²) in [6.07, 6.45) is 4.49.